The number of ketones is 4. The van der Waals surface area contributed by atoms with Gasteiger partial charge in [-0.25, -0.2) is 0 Å². The molecule has 0 N–H and O–H groups in total. The maximum absolute atomic E-state index is 12.7. The highest BCUT2D eigenvalue weighted by Crippen LogP contribution is 2.38. The van der Waals surface area contributed by atoms with E-state index in [9.17, 15) is 19.2 Å². The zero-order chi connectivity index (χ0) is 20.4. The Labute approximate surface area is 170 Å². The van der Waals surface area contributed by atoms with Crippen molar-refractivity contribution in [3.05, 3.63) is 71.8 Å². The summed E-state index contributed by atoms with van der Waals surface area (Å²) in [7, 11) is 0. The second kappa shape index (κ2) is 8.24. The highest BCUT2D eigenvalue weighted by Gasteiger charge is 2.42. The van der Waals surface area contributed by atoms with Gasteiger partial charge in [-0.2, -0.15) is 0 Å². The van der Waals surface area contributed by atoms with Crippen LogP contribution in [0.1, 0.15) is 55.1 Å². The standard InChI is InChI=1S/C25H24O4/c26-22-11-18(16-7-3-1-4-8-16)12-23(27)20(22)15-21-24(28)13-19(14-25(21)29)17-9-5-2-6-10-17/h1-10,18-21H,11-15H2. The lowest BCUT2D eigenvalue weighted by atomic mass is 9.69. The molecule has 0 amide bonds. The Kier molecular flexibility index (Phi) is 5.52. The molecule has 2 fully saturated rings. The number of carbonyl (C=O) groups is 4. The van der Waals surface area contributed by atoms with Gasteiger partial charge in [0.15, 0.2) is 0 Å². The summed E-state index contributed by atoms with van der Waals surface area (Å²) in [6.07, 6.45) is 1.23. The molecular formula is C25H24O4. The number of hydrogen-bond donors (Lipinski definition) is 0. The number of hydrogen-bond acceptors (Lipinski definition) is 4. The number of Topliss-reactive ketones (excluding diaryl/α,β-unsaturated/α-hetero) is 4. The summed E-state index contributed by atoms with van der Waals surface area (Å²) in [5, 5.41) is 0. The molecule has 2 aliphatic carbocycles. The summed E-state index contributed by atoms with van der Waals surface area (Å²) in [5.41, 5.74) is 1.98. The fourth-order valence-electron chi connectivity index (χ4n) is 4.73. The summed E-state index contributed by atoms with van der Waals surface area (Å²) in [5.74, 6) is -2.40. The van der Waals surface area contributed by atoms with Crippen molar-refractivity contribution in [2.45, 2.75) is 43.9 Å². The Morgan fingerprint density at radius 2 is 0.828 bits per heavy atom. The third kappa shape index (κ3) is 4.12. The smallest absolute Gasteiger partial charge is 0.143 e. The van der Waals surface area contributed by atoms with Gasteiger partial charge in [0.05, 0.1) is 11.8 Å². The van der Waals surface area contributed by atoms with Gasteiger partial charge in [0.1, 0.15) is 23.1 Å². The fourth-order valence-corrected chi connectivity index (χ4v) is 4.73. The first kappa shape index (κ1) is 19.4. The van der Waals surface area contributed by atoms with Gasteiger partial charge < -0.3 is 0 Å². The van der Waals surface area contributed by atoms with Crippen molar-refractivity contribution in [2.24, 2.45) is 11.8 Å². The molecule has 0 heterocycles. The second-order valence-electron chi connectivity index (χ2n) is 8.24. The van der Waals surface area contributed by atoms with Gasteiger partial charge in [0, 0.05) is 25.7 Å². The first-order valence-corrected chi connectivity index (χ1v) is 10.2. The zero-order valence-corrected chi connectivity index (χ0v) is 16.3. The first-order valence-electron chi connectivity index (χ1n) is 10.2. The monoisotopic (exact) mass is 388 g/mol. The quantitative estimate of drug-likeness (QED) is 0.742. The summed E-state index contributed by atoms with van der Waals surface area (Å²) in [4.78, 5) is 50.9. The summed E-state index contributed by atoms with van der Waals surface area (Å²) >= 11 is 0. The van der Waals surface area contributed by atoms with E-state index in [0.717, 1.165) is 11.1 Å². The Balaban J connectivity index is 1.43. The normalized spacial score (nSPS) is 27.9. The highest BCUT2D eigenvalue weighted by atomic mass is 16.2. The van der Waals surface area contributed by atoms with Crippen molar-refractivity contribution in [3.63, 3.8) is 0 Å². The molecule has 29 heavy (non-hydrogen) atoms. The van der Waals surface area contributed by atoms with Gasteiger partial charge in [-0.05, 0) is 29.4 Å². The largest absolute Gasteiger partial charge is 0.299 e. The van der Waals surface area contributed by atoms with Crippen LogP contribution in [0.5, 0.6) is 0 Å². The molecule has 0 saturated heterocycles. The number of benzene rings is 2. The van der Waals surface area contributed by atoms with Crippen molar-refractivity contribution in [3.8, 4) is 0 Å². The third-order valence-corrected chi connectivity index (χ3v) is 6.36. The molecule has 4 nitrogen and oxygen atoms in total. The van der Waals surface area contributed by atoms with Crippen molar-refractivity contribution >= 4 is 23.1 Å². The van der Waals surface area contributed by atoms with E-state index in [2.05, 4.69) is 0 Å². The van der Waals surface area contributed by atoms with Gasteiger partial charge in [-0.1, -0.05) is 60.7 Å². The molecule has 0 bridgehead atoms. The highest BCUT2D eigenvalue weighted by molar-refractivity contribution is 6.09. The van der Waals surface area contributed by atoms with Crippen LogP contribution in [0.4, 0.5) is 0 Å². The van der Waals surface area contributed by atoms with Crippen molar-refractivity contribution < 1.29 is 19.2 Å². The predicted octanol–water partition coefficient (Wildman–Crippen LogP) is 4.04. The van der Waals surface area contributed by atoms with Gasteiger partial charge >= 0.3 is 0 Å². The molecule has 0 unspecified atom stereocenters. The van der Waals surface area contributed by atoms with Crippen LogP contribution in [-0.2, 0) is 19.2 Å². The molecule has 0 atom stereocenters. The van der Waals surface area contributed by atoms with E-state index in [0.29, 0.717) is 25.7 Å². The van der Waals surface area contributed by atoms with Crippen molar-refractivity contribution in [1.29, 1.82) is 0 Å². The summed E-state index contributed by atoms with van der Waals surface area (Å²) in [6, 6.07) is 19.2. The second-order valence-corrected chi connectivity index (χ2v) is 8.24. The van der Waals surface area contributed by atoms with Gasteiger partial charge in [0.2, 0.25) is 0 Å². The van der Waals surface area contributed by atoms with Crippen LogP contribution < -0.4 is 0 Å². The molecule has 0 spiro atoms. The minimum absolute atomic E-state index is 0.0539. The van der Waals surface area contributed by atoms with E-state index in [4.69, 9.17) is 0 Å². The van der Waals surface area contributed by atoms with Crippen molar-refractivity contribution in [1.82, 2.24) is 0 Å². The van der Waals surface area contributed by atoms with Crippen LogP contribution in [-0.4, -0.2) is 23.1 Å². The van der Waals surface area contributed by atoms with Crippen LogP contribution in [0.2, 0.25) is 0 Å². The van der Waals surface area contributed by atoms with Crippen LogP contribution in [0.15, 0.2) is 60.7 Å². The van der Waals surface area contributed by atoms with E-state index in [1.165, 1.54) is 0 Å². The Bertz CT molecular complexity index is 818. The first-order chi connectivity index (χ1) is 14.0. The molecule has 0 radical (unpaired) electrons. The minimum atomic E-state index is -0.818. The molecular weight excluding hydrogens is 364 g/mol. The van der Waals surface area contributed by atoms with Crippen LogP contribution in [0.25, 0.3) is 0 Å². The average molecular weight is 388 g/mol. The Morgan fingerprint density at radius 3 is 1.14 bits per heavy atom. The predicted molar refractivity (Wildman–Crippen MR) is 108 cm³/mol. The topological polar surface area (TPSA) is 68.3 Å². The van der Waals surface area contributed by atoms with E-state index >= 15 is 0 Å². The van der Waals surface area contributed by atoms with Crippen LogP contribution in [0.3, 0.4) is 0 Å². The average Bonchev–Trinajstić information content (AvgIpc) is 2.73. The SMILES string of the molecule is O=C1CC(c2ccccc2)CC(=O)C1CC1C(=O)CC(c2ccccc2)CC1=O. The lowest BCUT2D eigenvalue weighted by molar-refractivity contribution is -0.140. The van der Waals surface area contributed by atoms with E-state index in [1.54, 1.807) is 0 Å². The lowest BCUT2D eigenvalue weighted by Gasteiger charge is -2.31. The van der Waals surface area contributed by atoms with Gasteiger partial charge in [-0.15, -0.1) is 0 Å². The molecule has 2 aromatic rings. The molecule has 2 saturated carbocycles. The Morgan fingerprint density at radius 1 is 0.517 bits per heavy atom. The number of rotatable bonds is 4. The van der Waals surface area contributed by atoms with Crippen LogP contribution >= 0.6 is 0 Å². The minimum Gasteiger partial charge on any atom is -0.299 e. The molecule has 4 heteroatoms. The summed E-state index contributed by atoms with van der Waals surface area (Å²) in [6.45, 7) is 0. The number of carbonyl (C=O) groups excluding carboxylic acids is 4. The maximum Gasteiger partial charge on any atom is 0.143 e. The van der Waals surface area contributed by atoms with E-state index in [-0.39, 0.29) is 41.4 Å². The fraction of sp³-hybridized carbons (Fsp3) is 0.360. The Hall–Kier alpha value is -2.88. The molecule has 2 aromatic carbocycles. The molecule has 2 aliphatic rings. The molecule has 4 rings (SSSR count). The maximum atomic E-state index is 12.7. The van der Waals surface area contributed by atoms with Crippen molar-refractivity contribution in [2.75, 3.05) is 0 Å². The van der Waals surface area contributed by atoms with Gasteiger partial charge in [-0.3, -0.25) is 19.2 Å². The van der Waals surface area contributed by atoms with E-state index < -0.39 is 11.8 Å². The van der Waals surface area contributed by atoms with Crippen LogP contribution in [0, 0.1) is 11.8 Å². The summed E-state index contributed by atoms with van der Waals surface area (Å²) < 4.78 is 0. The van der Waals surface area contributed by atoms with E-state index in [1.807, 2.05) is 60.7 Å². The molecule has 0 aromatic heterocycles. The van der Waals surface area contributed by atoms with Gasteiger partial charge in [0.25, 0.3) is 0 Å². The third-order valence-electron chi connectivity index (χ3n) is 6.36. The molecule has 0 aliphatic heterocycles. The zero-order valence-electron chi connectivity index (χ0n) is 16.3. The lowest BCUT2D eigenvalue weighted by Crippen LogP contribution is -2.39. The molecule has 148 valence electrons.